The largest absolute Gasteiger partial charge is 0.366 e. The summed E-state index contributed by atoms with van der Waals surface area (Å²) in [6.07, 6.45) is 15.5. The number of likely N-dealkylation sites (tertiary alicyclic amines) is 1. The van der Waals surface area contributed by atoms with Crippen molar-refractivity contribution in [1.82, 2.24) is 9.80 Å². The van der Waals surface area contributed by atoms with Crippen molar-refractivity contribution in [3.63, 3.8) is 0 Å². The van der Waals surface area contributed by atoms with Gasteiger partial charge in [-0.3, -0.25) is 14.5 Å². The van der Waals surface area contributed by atoms with Gasteiger partial charge in [-0.15, -0.1) is 11.3 Å². The lowest BCUT2D eigenvalue weighted by Gasteiger charge is -2.34. The topological polar surface area (TPSA) is 40.6 Å². The summed E-state index contributed by atoms with van der Waals surface area (Å²) in [7, 11) is 0. The molecule has 0 spiro atoms. The van der Waals surface area contributed by atoms with Crippen molar-refractivity contribution in [2.24, 2.45) is 5.92 Å². The van der Waals surface area contributed by atoms with Crippen molar-refractivity contribution in [2.75, 3.05) is 13.1 Å². The Kier molecular flexibility index (Phi) is 7.86. The molecule has 1 aromatic rings. The molecule has 1 saturated carbocycles. The van der Waals surface area contributed by atoms with Crippen LogP contribution in [0.3, 0.4) is 0 Å². The average molecular weight is 443 g/mol. The highest BCUT2D eigenvalue weighted by Gasteiger charge is 2.45. The van der Waals surface area contributed by atoms with E-state index in [2.05, 4.69) is 11.8 Å². The Morgan fingerprint density at radius 2 is 1.48 bits per heavy atom. The zero-order valence-corrected chi connectivity index (χ0v) is 19.9. The molecule has 3 heterocycles. The fraction of sp³-hybridized carbons (Fsp3) is 0.692. The average Bonchev–Trinajstić information content (AvgIpc) is 3.35. The van der Waals surface area contributed by atoms with Crippen molar-refractivity contribution >= 4 is 28.7 Å². The molecule has 0 radical (unpaired) electrons. The van der Waals surface area contributed by atoms with Crippen molar-refractivity contribution in [3.05, 3.63) is 28.1 Å². The Hall–Kier alpha value is -1.62. The molecule has 4 nitrogen and oxygen atoms in total. The summed E-state index contributed by atoms with van der Waals surface area (Å²) in [5.74, 6) is 0.487. The molecule has 1 saturated heterocycles. The predicted molar refractivity (Wildman–Crippen MR) is 128 cm³/mol. The highest BCUT2D eigenvalue weighted by Crippen LogP contribution is 2.38. The van der Waals surface area contributed by atoms with Crippen molar-refractivity contribution in [1.29, 1.82) is 0 Å². The molecule has 5 heteroatoms. The number of hydrogen-bond acceptors (Lipinski definition) is 4. The maximum atomic E-state index is 13.8. The summed E-state index contributed by atoms with van der Waals surface area (Å²) >= 11 is 1.58. The number of imide groups is 1. The Bertz CT molecular complexity index is 773. The van der Waals surface area contributed by atoms with E-state index >= 15 is 0 Å². The monoisotopic (exact) mass is 442 g/mol. The van der Waals surface area contributed by atoms with E-state index in [1.807, 2.05) is 17.5 Å². The Morgan fingerprint density at radius 3 is 2.06 bits per heavy atom. The fourth-order valence-electron chi connectivity index (χ4n) is 5.60. The number of carbonyl (C=O) groups is 2. The van der Waals surface area contributed by atoms with Crippen molar-refractivity contribution in [2.45, 2.75) is 96.4 Å². The van der Waals surface area contributed by atoms with Crippen molar-refractivity contribution in [3.8, 4) is 0 Å². The minimum Gasteiger partial charge on any atom is -0.366 e. The molecule has 4 rings (SSSR count). The van der Waals surface area contributed by atoms with Gasteiger partial charge in [0.25, 0.3) is 11.8 Å². The van der Waals surface area contributed by atoms with Gasteiger partial charge in [-0.05, 0) is 43.0 Å². The first-order valence-electron chi connectivity index (χ1n) is 12.6. The summed E-state index contributed by atoms with van der Waals surface area (Å²) in [5, 5.41) is 2.01. The van der Waals surface area contributed by atoms with Crippen LogP contribution >= 0.6 is 11.3 Å². The number of rotatable bonds is 3. The number of carbonyl (C=O) groups excluding carboxylic acids is 2. The molecule has 0 aromatic carbocycles. The zero-order valence-electron chi connectivity index (χ0n) is 19.1. The molecule has 1 atom stereocenters. The molecule has 2 aliphatic heterocycles. The second-order valence-corrected chi connectivity index (χ2v) is 10.7. The molecule has 31 heavy (non-hydrogen) atoms. The molecular formula is C26H38N2O2S. The summed E-state index contributed by atoms with van der Waals surface area (Å²) in [5.41, 5.74) is 1.35. The minimum atomic E-state index is -0.0437. The summed E-state index contributed by atoms with van der Waals surface area (Å²) < 4.78 is 0. The van der Waals surface area contributed by atoms with Crippen molar-refractivity contribution < 1.29 is 9.59 Å². The summed E-state index contributed by atoms with van der Waals surface area (Å²) in [6, 6.07) is 4.04. The predicted octanol–water partition coefficient (Wildman–Crippen LogP) is 6.23. The molecular weight excluding hydrogens is 404 g/mol. The molecule has 1 aliphatic carbocycles. The van der Waals surface area contributed by atoms with E-state index in [0.717, 1.165) is 50.1 Å². The smallest absolute Gasteiger partial charge is 0.278 e. The van der Waals surface area contributed by atoms with Crippen LogP contribution in [0.5, 0.6) is 0 Å². The molecule has 1 aromatic heterocycles. The highest BCUT2D eigenvalue weighted by atomic mass is 32.1. The van der Waals surface area contributed by atoms with Gasteiger partial charge in [-0.1, -0.05) is 70.8 Å². The number of hydrogen-bond donors (Lipinski definition) is 0. The van der Waals surface area contributed by atoms with Gasteiger partial charge in [-0.25, -0.2) is 0 Å². The number of amides is 2. The molecule has 170 valence electrons. The van der Waals surface area contributed by atoms with Crippen LogP contribution in [0.15, 0.2) is 23.2 Å². The standard InChI is InChI=1S/C26H38N2O2S/c1-20-13-11-17-27(19-20)24-23(22-16-12-18-31-22)25(29)28(26(24)30)21-14-9-7-5-3-2-4-6-8-10-15-21/h12,16,18,20-21H,2-11,13-15,17,19H2,1H3. The fourth-order valence-corrected chi connectivity index (χ4v) is 6.36. The third kappa shape index (κ3) is 5.24. The van der Waals surface area contributed by atoms with Gasteiger partial charge >= 0.3 is 0 Å². The van der Waals surface area contributed by atoms with Crippen LogP contribution in [0.25, 0.3) is 5.57 Å². The maximum Gasteiger partial charge on any atom is 0.278 e. The van der Waals surface area contributed by atoms with E-state index in [0.29, 0.717) is 17.2 Å². The first kappa shape index (κ1) is 22.6. The molecule has 0 N–H and O–H groups in total. The van der Waals surface area contributed by atoms with Gasteiger partial charge in [-0.2, -0.15) is 0 Å². The van der Waals surface area contributed by atoms with Gasteiger partial charge in [0.1, 0.15) is 5.70 Å². The van der Waals surface area contributed by atoms with E-state index < -0.39 is 0 Å². The van der Waals surface area contributed by atoms with E-state index in [-0.39, 0.29) is 17.9 Å². The lowest BCUT2D eigenvalue weighted by atomic mass is 9.97. The quantitative estimate of drug-likeness (QED) is 0.521. The molecule has 2 fully saturated rings. The number of piperidine rings is 1. The lowest BCUT2D eigenvalue weighted by molar-refractivity contribution is -0.140. The van der Waals surface area contributed by atoms with Crippen LogP contribution in [0, 0.1) is 5.92 Å². The second-order valence-electron chi connectivity index (χ2n) is 9.79. The van der Waals surface area contributed by atoms with Crippen LogP contribution in [-0.4, -0.2) is 40.7 Å². The van der Waals surface area contributed by atoms with Gasteiger partial charge in [0, 0.05) is 24.0 Å². The van der Waals surface area contributed by atoms with Gasteiger partial charge in [0.2, 0.25) is 0 Å². The summed E-state index contributed by atoms with van der Waals surface area (Å²) in [6.45, 7) is 4.01. The molecule has 2 amide bonds. The first-order chi connectivity index (χ1) is 15.2. The van der Waals surface area contributed by atoms with Crippen LogP contribution in [-0.2, 0) is 9.59 Å². The van der Waals surface area contributed by atoms with Gasteiger partial charge in [0.05, 0.1) is 5.57 Å². The normalized spacial score (nSPS) is 25.6. The van der Waals surface area contributed by atoms with Crippen LogP contribution < -0.4 is 0 Å². The second kappa shape index (κ2) is 10.8. The molecule has 1 unspecified atom stereocenters. The van der Waals surface area contributed by atoms with E-state index in [1.54, 1.807) is 16.2 Å². The number of nitrogens with zero attached hydrogens (tertiary/aromatic N) is 2. The summed E-state index contributed by atoms with van der Waals surface area (Å²) in [4.78, 5) is 32.4. The zero-order chi connectivity index (χ0) is 21.6. The van der Waals surface area contributed by atoms with E-state index in [9.17, 15) is 9.59 Å². The number of thiophene rings is 1. The molecule has 0 bridgehead atoms. The Labute approximate surface area is 191 Å². The van der Waals surface area contributed by atoms with Gasteiger partial charge in [0.15, 0.2) is 0 Å². The minimum absolute atomic E-state index is 0.0282. The SMILES string of the molecule is CC1CCCN(C2=C(c3cccs3)C(=O)N(C3CCCCCCCCCCC3)C2=O)C1. The third-order valence-corrected chi connectivity index (χ3v) is 8.16. The highest BCUT2D eigenvalue weighted by molar-refractivity contribution is 7.11. The van der Waals surface area contributed by atoms with Crippen LogP contribution in [0.2, 0.25) is 0 Å². The van der Waals surface area contributed by atoms with Crippen LogP contribution in [0.4, 0.5) is 0 Å². The Balaban J connectivity index is 1.60. The lowest BCUT2D eigenvalue weighted by Crippen LogP contribution is -2.44. The van der Waals surface area contributed by atoms with E-state index in [4.69, 9.17) is 0 Å². The van der Waals surface area contributed by atoms with Crippen LogP contribution in [0.1, 0.15) is 95.3 Å². The first-order valence-corrected chi connectivity index (χ1v) is 13.5. The van der Waals surface area contributed by atoms with Gasteiger partial charge < -0.3 is 4.90 Å². The Morgan fingerprint density at radius 1 is 0.839 bits per heavy atom. The third-order valence-electron chi connectivity index (χ3n) is 7.27. The van der Waals surface area contributed by atoms with E-state index in [1.165, 1.54) is 51.4 Å². The molecule has 3 aliphatic rings. The maximum absolute atomic E-state index is 13.8.